The van der Waals surface area contributed by atoms with E-state index in [1.54, 1.807) is 18.3 Å². The first-order valence-corrected chi connectivity index (χ1v) is 4.69. The van der Waals surface area contributed by atoms with Gasteiger partial charge in [-0.25, -0.2) is 5.48 Å². The lowest BCUT2D eigenvalue weighted by molar-refractivity contribution is 0.239. The van der Waals surface area contributed by atoms with Gasteiger partial charge in [0.1, 0.15) is 5.75 Å². The van der Waals surface area contributed by atoms with E-state index in [-0.39, 0.29) is 5.75 Å². The minimum atomic E-state index is 0.267. The highest BCUT2D eigenvalue weighted by Gasteiger charge is 2.09. The van der Waals surface area contributed by atoms with E-state index < -0.39 is 0 Å². The molecule has 0 fully saturated rings. The summed E-state index contributed by atoms with van der Waals surface area (Å²) in [5.74, 6) is 1.04. The Morgan fingerprint density at radius 3 is 2.93 bits per heavy atom. The van der Waals surface area contributed by atoms with E-state index in [0.29, 0.717) is 0 Å². The largest absolute Gasteiger partial charge is 0.508 e. The summed E-state index contributed by atoms with van der Waals surface area (Å²) in [6, 6.07) is 9.19. The number of hydrogen-bond acceptors (Lipinski definition) is 3. The molecule has 0 amide bonds. The van der Waals surface area contributed by atoms with Gasteiger partial charge in [-0.15, -0.1) is 0 Å². The Balaban J connectivity index is 2.41. The van der Waals surface area contributed by atoms with Gasteiger partial charge in [-0.2, -0.15) is 0 Å². The second-order valence-corrected chi connectivity index (χ2v) is 3.44. The number of aromatic hydroxyl groups is 1. The van der Waals surface area contributed by atoms with E-state index in [9.17, 15) is 5.11 Å². The molecule has 0 saturated carbocycles. The zero-order valence-electron chi connectivity index (χ0n) is 7.90. The van der Waals surface area contributed by atoms with Crippen molar-refractivity contribution in [1.29, 1.82) is 0 Å². The van der Waals surface area contributed by atoms with Crippen molar-refractivity contribution in [2.45, 2.75) is 0 Å². The number of rotatable bonds is 0. The predicted octanol–water partition coefficient (Wildman–Crippen LogP) is 2.41. The maximum atomic E-state index is 9.45. The van der Waals surface area contributed by atoms with Crippen LogP contribution < -0.4 is 10.3 Å². The molecule has 0 atom stereocenters. The second kappa shape index (κ2) is 2.92. The molecule has 3 heteroatoms. The summed E-state index contributed by atoms with van der Waals surface area (Å²) in [6.45, 7) is 0. The Bertz CT molecular complexity index is 561. The Hall–Kier alpha value is -2.16. The number of hydrogen-bond donors (Lipinski definition) is 2. The summed E-state index contributed by atoms with van der Waals surface area (Å²) >= 11 is 0. The van der Waals surface area contributed by atoms with Crippen LogP contribution in [0.25, 0.3) is 16.8 Å². The van der Waals surface area contributed by atoms with Crippen LogP contribution in [0.3, 0.4) is 0 Å². The highest BCUT2D eigenvalue weighted by Crippen LogP contribution is 2.32. The Labute approximate surface area is 86.6 Å². The van der Waals surface area contributed by atoms with Crippen molar-refractivity contribution in [3.05, 3.63) is 42.1 Å². The van der Waals surface area contributed by atoms with Gasteiger partial charge in [-0.1, -0.05) is 12.1 Å². The molecule has 2 N–H and O–H groups in total. The SMILES string of the molecule is Oc1ccc2ccc3c(c2c1)C=CNO3. The Morgan fingerprint density at radius 2 is 2.00 bits per heavy atom. The lowest BCUT2D eigenvalue weighted by Crippen LogP contribution is -2.14. The molecular formula is C12H9NO2. The topological polar surface area (TPSA) is 41.5 Å². The average Bonchev–Trinajstić information content (AvgIpc) is 2.29. The van der Waals surface area contributed by atoms with Crippen molar-refractivity contribution >= 4 is 16.8 Å². The van der Waals surface area contributed by atoms with Crippen molar-refractivity contribution < 1.29 is 9.94 Å². The zero-order valence-corrected chi connectivity index (χ0v) is 7.90. The van der Waals surface area contributed by atoms with E-state index in [1.165, 1.54) is 0 Å². The quantitative estimate of drug-likeness (QED) is 0.684. The molecule has 0 radical (unpaired) electrons. The molecule has 0 unspecified atom stereocenters. The first-order chi connectivity index (χ1) is 7.34. The van der Waals surface area contributed by atoms with Gasteiger partial charge in [0, 0.05) is 11.8 Å². The fraction of sp³-hybridized carbons (Fsp3) is 0. The fourth-order valence-electron chi connectivity index (χ4n) is 1.79. The van der Waals surface area contributed by atoms with Gasteiger partial charge in [-0.05, 0) is 35.0 Å². The lowest BCUT2D eigenvalue weighted by atomic mass is 10.0. The Kier molecular flexibility index (Phi) is 1.59. The summed E-state index contributed by atoms with van der Waals surface area (Å²) in [4.78, 5) is 5.25. The van der Waals surface area contributed by atoms with E-state index in [1.807, 2.05) is 24.3 Å². The fourth-order valence-corrected chi connectivity index (χ4v) is 1.79. The summed E-state index contributed by atoms with van der Waals surface area (Å²) in [5.41, 5.74) is 3.67. The number of phenolic OH excluding ortho intramolecular Hbond substituents is 1. The van der Waals surface area contributed by atoms with Gasteiger partial charge in [0.2, 0.25) is 0 Å². The van der Waals surface area contributed by atoms with Gasteiger partial charge in [0.15, 0.2) is 5.75 Å². The molecule has 0 aromatic heterocycles. The molecule has 15 heavy (non-hydrogen) atoms. The molecule has 3 nitrogen and oxygen atoms in total. The molecule has 0 aliphatic carbocycles. The highest BCUT2D eigenvalue weighted by atomic mass is 16.6. The summed E-state index contributed by atoms with van der Waals surface area (Å²) in [7, 11) is 0. The predicted molar refractivity (Wildman–Crippen MR) is 58.4 cm³/mol. The smallest absolute Gasteiger partial charge is 0.162 e. The van der Waals surface area contributed by atoms with Gasteiger partial charge in [-0.3, -0.25) is 0 Å². The molecule has 0 spiro atoms. The number of phenols is 1. The van der Waals surface area contributed by atoms with E-state index in [2.05, 4.69) is 5.48 Å². The summed E-state index contributed by atoms with van der Waals surface area (Å²) < 4.78 is 0. The first kappa shape index (κ1) is 8.17. The number of benzene rings is 2. The monoisotopic (exact) mass is 199 g/mol. The van der Waals surface area contributed by atoms with Crippen LogP contribution in [-0.4, -0.2) is 5.11 Å². The molecule has 2 aromatic rings. The van der Waals surface area contributed by atoms with Crippen molar-refractivity contribution in [1.82, 2.24) is 5.48 Å². The second-order valence-electron chi connectivity index (χ2n) is 3.44. The molecule has 1 aliphatic heterocycles. The Morgan fingerprint density at radius 1 is 1.13 bits per heavy atom. The zero-order chi connectivity index (χ0) is 10.3. The number of hydroxylamine groups is 1. The molecule has 3 rings (SSSR count). The van der Waals surface area contributed by atoms with E-state index in [0.717, 1.165) is 22.1 Å². The van der Waals surface area contributed by atoms with Crippen molar-refractivity contribution in [2.24, 2.45) is 0 Å². The van der Waals surface area contributed by atoms with E-state index >= 15 is 0 Å². The third-order valence-corrected chi connectivity index (χ3v) is 2.49. The maximum Gasteiger partial charge on any atom is 0.162 e. The van der Waals surface area contributed by atoms with Crippen LogP contribution in [0.15, 0.2) is 36.5 Å². The van der Waals surface area contributed by atoms with Crippen LogP contribution in [0.1, 0.15) is 5.56 Å². The number of fused-ring (bicyclic) bond motifs is 3. The third-order valence-electron chi connectivity index (χ3n) is 2.49. The van der Waals surface area contributed by atoms with Crippen LogP contribution in [-0.2, 0) is 0 Å². The molecular weight excluding hydrogens is 190 g/mol. The van der Waals surface area contributed by atoms with Crippen molar-refractivity contribution in [2.75, 3.05) is 0 Å². The molecule has 74 valence electrons. The van der Waals surface area contributed by atoms with Gasteiger partial charge < -0.3 is 9.94 Å². The molecule has 0 bridgehead atoms. The molecule has 1 heterocycles. The first-order valence-electron chi connectivity index (χ1n) is 4.69. The standard InChI is InChI=1S/C12H9NO2/c14-9-3-1-8-2-4-12-10(11(8)7-9)5-6-13-15-12/h1-7,13-14H. The maximum absolute atomic E-state index is 9.45. The van der Waals surface area contributed by atoms with E-state index in [4.69, 9.17) is 4.84 Å². The van der Waals surface area contributed by atoms with Crippen molar-refractivity contribution in [3.63, 3.8) is 0 Å². The van der Waals surface area contributed by atoms with Crippen molar-refractivity contribution in [3.8, 4) is 11.5 Å². The lowest BCUT2D eigenvalue weighted by Gasteiger charge is -2.14. The summed E-state index contributed by atoms with van der Waals surface area (Å²) in [5, 5.41) is 11.5. The van der Waals surface area contributed by atoms with Gasteiger partial charge in [0.25, 0.3) is 0 Å². The molecule has 1 aliphatic rings. The van der Waals surface area contributed by atoms with Crippen LogP contribution in [0.5, 0.6) is 11.5 Å². The molecule has 0 saturated heterocycles. The highest BCUT2D eigenvalue weighted by molar-refractivity contribution is 5.94. The van der Waals surface area contributed by atoms with Crippen LogP contribution in [0.2, 0.25) is 0 Å². The minimum absolute atomic E-state index is 0.267. The van der Waals surface area contributed by atoms with Gasteiger partial charge in [0.05, 0.1) is 0 Å². The van der Waals surface area contributed by atoms with Crippen LogP contribution >= 0.6 is 0 Å². The van der Waals surface area contributed by atoms with Gasteiger partial charge >= 0.3 is 0 Å². The number of nitrogens with one attached hydrogen (secondary N) is 1. The molecule has 2 aromatic carbocycles. The third kappa shape index (κ3) is 1.21. The minimum Gasteiger partial charge on any atom is -0.508 e. The normalized spacial score (nSPS) is 13.1. The summed E-state index contributed by atoms with van der Waals surface area (Å²) in [6.07, 6.45) is 3.66. The van der Waals surface area contributed by atoms with Crippen LogP contribution in [0, 0.1) is 0 Å². The average molecular weight is 199 g/mol. The van der Waals surface area contributed by atoms with Crippen LogP contribution in [0.4, 0.5) is 0 Å².